The summed E-state index contributed by atoms with van der Waals surface area (Å²) in [4.78, 5) is 50.8. The highest BCUT2D eigenvalue weighted by Gasteiger charge is 2.16. The van der Waals surface area contributed by atoms with Crippen LogP contribution in [0.2, 0.25) is 0 Å². The topological polar surface area (TPSA) is 189 Å². The first-order valence-electron chi connectivity index (χ1n) is 13.6. The molecule has 0 spiro atoms. The molecule has 0 unspecified atom stereocenters. The normalized spacial score (nSPS) is 10.4. The zero-order chi connectivity index (χ0) is 31.9. The molecular weight excluding hydrogens is 572 g/mol. The Balaban J connectivity index is 1.19. The van der Waals surface area contributed by atoms with E-state index in [-0.39, 0.29) is 28.7 Å². The summed E-state index contributed by atoms with van der Waals surface area (Å²) in [5, 5.41) is 21.2. The zero-order valence-corrected chi connectivity index (χ0v) is 23.7. The van der Waals surface area contributed by atoms with Gasteiger partial charge in [0.15, 0.2) is 0 Å². The number of benzene rings is 5. The average molecular weight is 601 g/mol. The molecule has 0 saturated carbocycles. The smallest absolute Gasteiger partial charge is 0.259 e. The van der Waals surface area contributed by atoms with E-state index in [4.69, 9.17) is 11.5 Å². The molecule has 0 heterocycles. The highest BCUT2D eigenvalue weighted by molar-refractivity contribution is 6.10. The molecule has 5 aromatic rings. The van der Waals surface area contributed by atoms with Crippen LogP contribution in [0.5, 0.6) is 5.75 Å². The Morgan fingerprint density at radius 3 is 1.18 bits per heavy atom. The van der Waals surface area contributed by atoms with E-state index in [1.54, 1.807) is 97.1 Å². The van der Waals surface area contributed by atoms with Gasteiger partial charge < -0.3 is 37.8 Å². The number of nitrogen functional groups attached to an aromatic ring is 2. The molecule has 9 N–H and O–H groups in total. The zero-order valence-electron chi connectivity index (χ0n) is 23.7. The lowest BCUT2D eigenvalue weighted by Gasteiger charge is -2.11. The van der Waals surface area contributed by atoms with Gasteiger partial charge in [-0.25, -0.2) is 0 Å². The lowest BCUT2D eigenvalue weighted by molar-refractivity contribution is 0.101. The van der Waals surface area contributed by atoms with Crippen molar-refractivity contribution in [3.8, 4) is 5.75 Å². The van der Waals surface area contributed by atoms with Crippen molar-refractivity contribution in [1.82, 2.24) is 0 Å². The largest absolute Gasteiger partial charge is 0.507 e. The van der Waals surface area contributed by atoms with Crippen molar-refractivity contribution in [3.63, 3.8) is 0 Å². The second kappa shape index (κ2) is 13.1. The van der Waals surface area contributed by atoms with Gasteiger partial charge in [-0.2, -0.15) is 0 Å². The summed E-state index contributed by atoms with van der Waals surface area (Å²) in [6.07, 6.45) is 0. The quantitative estimate of drug-likeness (QED) is 0.113. The molecule has 0 saturated heterocycles. The highest BCUT2D eigenvalue weighted by atomic mass is 16.3. The molecule has 11 nitrogen and oxygen atoms in total. The number of nitrogens with two attached hydrogens (primary N) is 2. The fourth-order valence-electron chi connectivity index (χ4n) is 4.30. The van der Waals surface area contributed by atoms with E-state index in [9.17, 15) is 24.3 Å². The van der Waals surface area contributed by atoms with Gasteiger partial charge >= 0.3 is 0 Å². The van der Waals surface area contributed by atoms with E-state index in [0.717, 1.165) is 0 Å². The van der Waals surface area contributed by atoms with Crippen molar-refractivity contribution < 1.29 is 24.3 Å². The van der Waals surface area contributed by atoms with Gasteiger partial charge in [0, 0.05) is 50.8 Å². The Morgan fingerprint density at radius 1 is 0.444 bits per heavy atom. The average Bonchev–Trinajstić information content (AvgIpc) is 3.03. The predicted octanol–water partition coefficient (Wildman–Crippen LogP) is 5.57. The molecule has 224 valence electrons. The summed E-state index contributed by atoms with van der Waals surface area (Å²) in [6, 6.07) is 30.0. The summed E-state index contributed by atoms with van der Waals surface area (Å²) < 4.78 is 0. The predicted molar refractivity (Wildman–Crippen MR) is 175 cm³/mol. The molecule has 4 amide bonds. The minimum Gasteiger partial charge on any atom is -0.507 e. The summed E-state index contributed by atoms with van der Waals surface area (Å²) in [5.41, 5.74) is 15.1. The van der Waals surface area contributed by atoms with Crippen LogP contribution in [0.3, 0.4) is 0 Å². The Hall–Kier alpha value is -6.62. The maximum atomic E-state index is 13.0. The van der Waals surface area contributed by atoms with Crippen LogP contribution in [0, 0.1) is 0 Å². The molecule has 0 aliphatic rings. The Kier molecular flexibility index (Phi) is 8.71. The van der Waals surface area contributed by atoms with Gasteiger partial charge in [0.1, 0.15) is 5.75 Å². The molecule has 0 aliphatic carbocycles. The number of aromatic hydroxyl groups is 1. The lowest BCUT2D eigenvalue weighted by Crippen LogP contribution is -2.16. The van der Waals surface area contributed by atoms with Crippen LogP contribution in [0.4, 0.5) is 34.1 Å². The molecule has 0 aromatic heterocycles. The third kappa shape index (κ3) is 7.62. The fraction of sp³-hybridized carbons (Fsp3) is 0. The van der Waals surface area contributed by atoms with E-state index in [1.165, 1.54) is 18.2 Å². The molecule has 5 rings (SSSR count). The summed E-state index contributed by atoms with van der Waals surface area (Å²) >= 11 is 0. The maximum absolute atomic E-state index is 13.0. The van der Waals surface area contributed by atoms with E-state index < -0.39 is 11.8 Å². The van der Waals surface area contributed by atoms with Crippen LogP contribution in [0.1, 0.15) is 41.4 Å². The standard InChI is InChI=1S/C34H28N6O5/c35-23-5-1-3-20(17-23)31(42)37-25-8-10-27(11-9-25)39-33(44)22-7-16-30(41)29(19-22)34(45)40-28-14-12-26(13-15-28)38-32(43)21-4-2-6-24(36)18-21/h1-19,41H,35-36H2,(H,37,42)(H,38,43)(H,39,44)(H,40,45). The molecule has 0 radical (unpaired) electrons. The number of phenolic OH excluding ortho intramolecular Hbond substituents is 1. The van der Waals surface area contributed by atoms with Gasteiger partial charge in [-0.1, -0.05) is 12.1 Å². The number of phenols is 1. The van der Waals surface area contributed by atoms with E-state index in [2.05, 4.69) is 21.3 Å². The number of carbonyl (C=O) groups excluding carboxylic acids is 4. The van der Waals surface area contributed by atoms with Crippen molar-refractivity contribution in [2.24, 2.45) is 0 Å². The number of hydrogen-bond donors (Lipinski definition) is 7. The van der Waals surface area contributed by atoms with Crippen LogP contribution in [0.25, 0.3) is 0 Å². The monoisotopic (exact) mass is 600 g/mol. The Morgan fingerprint density at radius 2 is 0.800 bits per heavy atom. The van der Waals surface area contributed by atoms with Crippen molar-refractivity contribution in [2.75, 3.05) is 32.7 Å². The van der Waals surface area contributed by atoms with Gasteiger partial charge in [0.25, 0.3) is 23.6 Å². The summed E-state index contributed by atoms with van der Waals surface area (Å²) in [7, 11) is 0. The third-order valence-electron chi connectivity index (χ3n) is 6.60. The van der Waals surface area contributed by atoms with Gasteiger partial charge in [-0.3, -0.25) is 19.2 Å². The van der Waals surface area contributed by atoms with E-state index in [1.807, 2.05) is 0 Å². The maximum Gasteiger partial charge on any atom is 0.259 e. The SMILES string of the molecule is Nc1cccc(C(=O)Nc2ccc(NC(=O)c3ccc(O)c(C(=O)Nc4ccc(NC(=O)c5cccc(N)c5)cc4)c3)cc2)c1. The summed E-state index contributed by atoms with van der Waals surface area (Å²) in [6.45, 7) is 0. The number of anilines is 6. The van der Waals surface area contributed by atoms with Crippen LogP contribution in [-0.4, -0.2) is 28.7 Å². The van der Waals surface area contributed by atoms with Crippen molar-refractivity contribution in [2.45, 2.75) is 0 Å². The molecule has 0 aliphatic heterocycles. The van der Waals surface area contributed by atoms with Gasteiger partial charge in [-0.15, -0.1) is 0 Å². The van der Waals surface area contributed by atoms with Gasteiger partial charge in [0.05, 0.1) is 5.56 Å². The first-order chi connectivity index (χ1) is 21.6. The second-order valence-corrected chi connectivity index (χ2v) is 9.95. The Bertz CT molecular complexity index is 1910. The second-order valence-electron chi connectivity index (χ2n) is 9.95. The highest BCUT2D eigenvalue weighted by Crippen LogP contribution is 2.23. The molecular formula is C34H28N6O5. The van der Waals surface area contributed by atoms with Crippen molar-refractivity contribution in [3.05, 3.63) is 138 Å². The molecule has 11 heteroatoms. The third-order valence-corrected chi connectivity index (χ3v) is 6.60. The number of carbonyl (C=O) groups is 4. The molecule has 0 bridgehead atoms. The summed E-state index contributed by atoms with van der Waals surface area (Å²) in [5.74, 6) is -2.13. The van der Waals surface area contributed by atoms with Crippen molar-refractivity contribution in [1.29, 1.82) is 0 Å². The molecule has 45 heavy (non-hydrogen) atoms. The minimum absolute atomic E-state index is 0.110. The van der Waals surface area contributed by atoms with Crippen LogP contribution < -0.4 is 32.7 Å². The molecule has 5 aromatic carbocycles. The van der Waals surface area contributed by atoms with E-state index in [0.29, 0.717) is 45.3 Å². The Labute approximate surface area is 257 Å². The van der Waals surface area contributed by atoms with Crippen LogP contribution in [-0.2, 0) is 0 Å². The fourth-order valence-corrected chi connectivity index (χ4v) is 4.30. The van der Waals surface area contributed by atoms with Crippen LogP contribution in [0.15, 0.2) is 115 Å². The number of nitrogens with one attached hydrogen (secondary N) is 4. The minimum atomic E-state index is -0.640. The van der Waals surface area contributed by atoms with Gasteiger partial charge in [-0.05, 0) is 103 Å². The molecule has 0 atom stereocenters. The van der Waals surface area contributed by atoms with Crippen molar-refractivity contribution >= 4 is 57.8 Å². The van der Waals surface area contributed by atoms with Gasteiger partial charge in [0.2, 0.25) is 0 Å². The van der Waals surface area contributed by atoms with E-state index >= 15 is 0 Å². The number of rotatable bonds is 8. The lowest BCUT2D eigenvalue weighted by atomic mass is 10.1. The van der Waals surface area contributed by atoms with Crippen LogP contribution >= 0.6 is 0 Å². The number of hydrogen-bond acceptors (Lipinski definition) is 7. The number of amides is 4. The molecule has 0 fully saturated rings. The first-order valence-corrected chi connectivity index (χ1v) is 13.6. The first kappa shape index (κ1) is 29.9.